The number of terminal acetylenes is 1. The predicted octanol–water partition coefficient (Wildman–Crippen LogP) is 3.04. The Morgan fingerprint density at radius 3 is 2.45 bits per heavy atom. The van der Waals surface area contributed by atoms with E-state index in [1.807, 2.05) is 24.3 Å². The number of carbonyl (C=O) groups is 1. The SMILES string of the molecule is C#CCNc1ccc(C(=O)CCCN(CC)CC)cc1. The fourth-order valence-corrected chi connectivity index (χ4v) is 2.07. The number of Topliss-reactive ketones (excluding diaryl/α,β-unsaturated/α-hetero) is 1. The van der Waals surface area contributed by atoms with Gasteiger partial charge in [0, 0.05) is 17.7 Å². The van der Waals surface area contributed by atoms with Crippen LogP contribution in [0, 0.1) is 12.3 Å². The minimum absolute atomic E-state index is 0.209. The Balaban J connectivity index is 2.41. The van der Waals surface area contributed by atoms with Crippen LogP contribution in [-0.4, -0.2) is 36.9 Å². The number of ketones is 1. The molecule has 0 aliphatic heterocycles. The van der Waals surface area contributed by atoms with Gasteiger partial charge in [-0.25, -0.2) is 0 Å². The van der Waals surface area contributed by atoms with Crippen molar-refractivity contribution in [1.29, 1.82) is 0 Å². The van der Waals surface area contributed by atoms with Crippen LogP contribution >= 0.6 is 0 Å². The molecule has 0 bridgehead atoms. The zero-order valence-corrected chi connectivity index (χ0v) is 12.5. The summed E-state index contributed by atoms with van der Waals surface area (Å²) in [6, 6.07) is 7.51. The highest BCUT2D eigenvalue weighted by Gasteiger charge is 2.07. The van der Waals surface area contributed by atoms with Crippen LogP contribution in [0.2, 0.25) is 0 Å². The van der Waals surface area contributed by atoms with Gasteiger partial charge in [-0.15, -0.1) is 6.42 Å². The fraction of sp³-hybridized carbons (Fsp3) is 0.471. The standard InChI is InChI=1S/C17H24N2O/c1-4-13-18-16-11-9-15(10-12-16)17(20)8-7-14-19(5-2)6-3/h1,9-12,18H,5-8,13-14H2,2-3H3. The van der Waals surface area contributed by atoms with Crippen LogP contribution in [0.4, 0.5) is 5.69 Å². The minimum atomic E-state index is 0.209. The lowest BCUT2D eigenvalue weighted by Crippen LogP contribution is -2.24. The van der Waals surface area contributed by atoms with Gasteiger partial charge in [0.2, 0.25) is 0 Å². The Hall–Kier alpha value is -1.79. The lowest BCUT2D eigenvalue weighted by Gasteiger charge is -2.17. The van der Waals surface area contributed by atoms with E-state index in [0.29, 0.717) is 13.0 Å². The van der Waals surface area contributed by atoms with Gasteiger partial charge in [0.15, 0.2) is 5.78 Å². The summed E-state index contributed by atoms with van der Waals surface area (Å²) in [6.45, 7) is 7.86. The topological polar surface area (TPSA) is 32.3 Å². The lowest BCUT2D eigenvalue weighted by atomic mass is 10.1. The van der Waals surface area contributed by atoms with E-state index in [1.165, 1.54) is 0 Å². The van der Waals surface area contributed by atoms with Gasteiger partial charge >= 0.3 is 0 Å². The summed E-state index contributed by atoms with van der Waals surface area (Å²) in [5.74, 6) is 2.73. The Morgan fingerprint density at radius 2 is 1.90 bits per heavy atom. The maximum atomic E-state index is 12.1. The van der Waals surface area contributed by atoms with Gasteiger partial charge in [0.1, 0.15) is 0 Å². The molecule has 0 aliphatic rings. The smallest absolute Gasteiger partial charge is 0.162 e. The molecule has 0 unspecified atom stereocenters. The van der Waals surface area contributed by atoms with E-state index in [4.69, 9.17) is 6.42 Å². The lowest BCUT2D eigenvalue weighted by molar-refractivity contribution is 0.0975. The highest BCUT2D eigenvalue weighted by Crippen LogP contribution is 2.12. The van der Waals surface area contributed by atoms with Crippen LogP contribution in [0.25, 0.3) is 0 Å². The van der Waals surface area contributed by atoms with E-state index < -0.39 is 0 Å². The van der Waals surface area contributed by atoms with Crippen molar-refractivity contribution in [3.63, 3.8) is 0 Å². The summed E-state index contributed by atoms with van der Waals surface area (Å²) in [4.78, 5) is 14.4. The molecule has 0 radical (unpaired) electrons. The molecule has 3 heteroatoms. The fourth-order valence-electron chi connectivity index (χ4n) is 2.07. The second-order valence-corrected chi connectivity index (χ2v) is 4.69. The Labute approximate surface area is 122 Å². The van der Waals surface area contributed by atoms with Crippen LogP contribution in [0.3, 0.4) is 0 Å². The summed E-state index contributed by atoms with van der Waals surface area (Å²) in [5.41, 5.74) is 1.72. The summed E-state index contributed by atoms with van der Waals surface area (Å²) in [7, 11) is 0. The van der Waals surface area contributed by atoms with Gasteiger partial charge in [-0.1, -0.05) is 19.8 Å². The number of hydrogen-bond donors (Lipinski definition) is 1. The molecule has 0 aliphatic carbocycles. The Morgan fingerprint density at radius 1 is 1.25 bits per heavy atom. The van der Waals surface area contributed by atoms with Crippen molar-refractivity contribution in [3.05, 3.63) is 29.8 Å². The van der Waals surface area contributed by atoms with Gasteiger partial charge < -0.3 is 10.2 Å². The number of benzene rings is 1. The molecule has 0 spiro atoms. The third kappa shape index (κ3) is 5.46. The molecule has 0 saturated carbocycles. The van der Waals surface area contributed by atoms with Crippen molar-refractivity contribution < 1.29 is 4.79 Å². The minimum Gasteiger partial charge on any atom is -0.374 e. The van der Waals surface area contributed by atoms with Gasteiger partial charge in [-0.05, 0) is 50.3 Å². The monoisotopic (exact) mass is 272 g/mol. The van der Waals surface area contributed by atoms with Crippen LogP contribution in [0.1, 0.15) is 37.0 Å². The molecule has 0 heterocycles. The molecular formula is C17H24N2O. The van der Waals surface area contributed by atoms with Crippen LogP contribution < -0.4 is 5.32 Å². The summed E-state index contributed by atoms with van der Waals surface area (Å²) >= 11 is 0. The molecule has 0 fully saturated rings. The van der Waals surface area contributed by atoms with Gasteiger partial charge in [0.05, 0.1) is 6.54 Å². The van der Waals surface area contributed by atoms with Crippen LogP contribution in [0.15, 0.2) is 24.3 Å². The first-order valence-corrected chi connectivity index (χ1v) is 7.24. The molecule has 1 aromatic carbocycles. The predicted molar refractivity (Wildman–Crippen MR) is 85.1 cm³/mol. The number of anilines is 1. The highest BCUT2D eigenvalue weighted by atomic mass is 16.1. The van der Waals surface area contributed by atoms with Gasteiger partial charge in [0.25, 0.3) is 0 Å². The van der Waals surface area contributed by atoms with Crippen molar-refractivity contribution in [2.75, 3.05) is 31.5 Å². The first kappa shape index (κ1) is 16.3. The van der Waals surface area contributed by atoms with Crippen molar-refractivity contribution in [2.24, 2.45) is 0 Å². The van der Waals surface area contributed by atoms with Crippen LogP contribution in [-0.2, 0) is 0 Å². The molecule has 1 rings (SSSR count). The molecule has 1 N–H and O–H groups in total. The van der Waals surface area contributed by atoms with Crippen molar-refractivity contribution in [2.45, 2.75) is 26.7 Å². The second kappa shape index (κ2) is 9.17. The van der Waals surface area contributed by atoms with E-state index >= 15 is 0 Å². The van der Waals surface area contributed by atoms with Crippen molar-refractivity contribution in [3.8, 4) is 12.3 Å². The van der Waals surface area contributed by atoms with E-state index in [9.17, 15) is 4.79 Å². The molecule has 0 saturated heterocycles. The van der Waals surface area contributed by atoms with Gasteiger partial charge in [-0.2, -0.15) is 0 Å². The molecule has 108 valence electrons. The van der Waals surface area contributed by atoms with Crippen molar-refractivity contribution in [1.82, 2.24) is 4.90 Å². The summed E-state index contributed by atoms with van der Waals surface area (Å²) < 4.78 is 0. The largest absolute Gasteiger partial charge is 0.374 e. The maximum Gasteiger partial charge on any atom is 0.162 e. The summed E-state index contributed by atoms with van der Waals surface area (Å²) in [6.07, 6.45) is 6.71. The average molecular weight is 272 g/mol. The highest BCUT2D eigenvalue weighted by molar-refractivity contribution is 5.96. The van der Waals surface area contributed by atoms with E-state index in [2.05, 4.69) is 30.0 Å². The molecule has 0 amide bonds. The van der Waals surface area contributed by atoms with E-state index in [1.54, 1.807) is 0 Å². The quantitative estimate of drug-likeness (QED) is 0.554. The molecule has 20 heavy (non-hydrogen) atoms. The molecular weight excluding hydrogens is 248 g/mol. The maximum absolute atomic E-state index is 12.1. The Bertz CT molecular complexity index is 441. The zero-order valence-electron chi connectivity index (χ0n) is 12.5. The second-order valence-electron chi connectivity index (χ2n) is 4.69. The normalized spacial score (nSPS) is 10.3. The average Bonchev–Trinajstić information content (AvgIpc) is 2.50. The third-order valence-corrected chi connectivity index (χ3v) is 3.37. The van der Waals surface area contributed by atoms with Crippen molar-refractivity contribution >= 4 is 11.5 Å². The molecule has 1 aromatic rings. The van der Waals surface area contributed by atoms with E-state index in [-0.39, 0.29) is 5.78 Å². The number of carbonyl (C=O) groups excluding carboxylic acids is 1. The molecule has 0 atom stereocenters. The van der Waals surface area contributed by atoms with Gasteiger partial charge in [-0.3, -0.25) is 4.79 Å². The third-order valence-electron chi connectivity index (χ3n) is 3.37. The number of rotatable bonds is 9. The Kier molecular flexibility index (Phi) is 7.46. The zero-order chi connectivity index (χ0) is 14.8. The molecule has 0 aromatic heterocycles. The first-order chi connectivity index (χ1) is 9.71. The number of nitrogens with one attached hydrogen (secondary N) is 1. The summed E-state index contributed by atoms with van der Waals surface area (Å²) in [5, 5.41) is 3.08. The number of hydrogen-bond acceptors (Lipinski definition) is 3. The first-order valence-electron chi connectivity index (χ1n) is 7.24. The number of nitrogens with zero attached hydrogens (tertiary/aromatic N) is 1. The molecule has 3 nitrogen and oxygen atoms in total. The van der Waals surface area contributed by atoms with Crippen LogP contribution in [0.5, 0.6) is 0 Å². The van der Waals surface area contributed by atoms with E-state index in [0.717, 1.165) is 37.3 Å².